The van der Waals surface area contributed by atoms with Gasteiger partial charge in [-0.3, -0.25) is 14.2 Å². The van der Waals surface area contributed by atoms with Gasteiger partial charge in [-0.05, 0) is 24.3 Å². The van der Waals surface area contributed by atoms with Crippen molar-refractivity contribution in [2.24, 2.45) is 0 Å². The Morgan fingerprint density at radius 3 is 2.71 bits per heavy atom. The maximum atomic E-state index is 10.9. The van der Waals surface area contributed by atoms with Crippen LogP contribution in [-0.4, -0.2) is 25.9 Å². The topological polar surface area (TPSA) is 60.2 Å². The van der Waals surface area contributed by atoms with Crippen LogP contribution in [0.5, 0.6) is 0 Å². The first-order chi connectivity index (χ1) is 8.40. The number of aldehydes is 1. The smallest absolute Gasteiger partial charge is 0.171 e. The molecule has 17 heavy (non-hydrogen) atoms. The van der Waals surface area contributed by atoms with Gasteiger partial charge in [0.15, 0.2) is 17.8 Å². The molecular formula is C12H8N4O. The lowest BCUT2D eigenvalue weighted by molar-refractivity contribution is 0.112. The summed E-state index contributed by atoms with van der Waals surface area (Å²) in [5.41, 5.74) is 2.00. The van der Waals surface area contributed by atoms with Crippen molar-refractivity contribution in [2.45, 2.75) is 0 Å². The van der Waals surface area contributed by atoms with Crippen molar-refractivity contribution >= 4 is 11.9 Å². The van der Waals surface area contributed by atoms with Crippen LogP contribution in [0.15, 0.2) is 42.9 Å². The van der Waals surface area contributed by atoms with Gasteiger partial charge in [-0.15, -0.1) is 10.2 Å². The van der Waals surface area contributed by atoms with Crippen LogP contribution in [-0.2, 0) is 0 Å². The second kappa shape index (κ2) is 3.79. The fraction of sp³-hybridized carbons (Fsp3) is 0. The Morgan fingerprint density at radius 2 is 1.94 bits per heavy atom. The van der Waals surface area contributed by atoms with Gasteiger partial charge in [-0.1, -0.05) is 0 Å². The molecule has 0 spiro atoms. The average Bonchev–Trinajstić information content (AvgIpc) is 2.83. The van der Waals surface area contributed by atoms with Gasteiger partial charge in [0.1, 0.15) is 0 Å². The van der Waals surface area contributed by atoms with E-state index in [4.69, 9.17) is 0 Å². The van der Waals surface area contributed by atoms with Crippen molar-refractivity contribution in [1.82, 2.24) is 19.6 Å². The SMILES string of the molecule is O=Cc1cccn2c(-c3ccncc3)nnc12. The highest BCUT2D eigenvalue weighted by molar-refractivity contribution is 5.84. The average molecular weight is 224 g/mol. The van der Waals surface area contributed by atoms with Crippen molar-refractivity contribution in [2.75, 3.05) is 0 Å². The molecule has 0 unspecified atom stereocenters. The van der Waals surface area contributed by atoms with E-state index in [1.165, 1.54) is 0 Å². The predicted octanol–water partition coefficient (Wildman–Crippen LogP) is 1.60. The van der Waals surface area contributed by atoms with E-state index in [-0.39, 0.29) is 0 Å². The normalized spacial score (nSPS) is 10.6. The number of nitrogens with zero attached hydrogens (tertiary/aromatic N) is 4. The molecule has 0 aliphatic rings. The summed E-state index contributed by atoms with van der Waals surface area (Å²) in [6, 6.07) is 7.21. The van der Waals surface area contributed by atoms with Crippen LogP contribution in [0.2, 0.25) is 0 Å². The molecule has 3 rings (SSSR count). The maximum absolute atomic E-state index is 10.9. The van der Waals surface area contributed by atoms with Gasteiger partial charge >= 0.3 is 0 Å². The first kappa shape index (κ1) is 9.65. The molecule has 0 amide bonds. The molecule has 0 atom stereocenters. The Bertz CT molecular complexity index is 675. The Hall–Kier alpha value is -2.56. The zero-order chi connectivity index (χ0) is 11.7. The fourth-order valence-electron chi connectivity index (χ4n) is 1.73. The van der Waals surface area contributed by atoms with E-state index in [1.807, 2.05) is 18.3 Å². The molecular weight excluding hydrogens is 216 g/mol. The molecule has 0 fully saturated rings. The Morgan fingerprint density at radius 1 is 1.12 bits per heavy atom. The van der Waals surface area contributed by atoms with E-state index in [2.05, 4.69) is 15.2 Å². The molecule has 0 radical (unpaired) electrons. The maximum Gasteiger partial charge on any atom is 0.171 e. The minimum atomic E-state index is 0.528. The molecule has 5 heteroatoms. The van der Waals surface area contributed by atoms with Crippen LogP contribution in [0.1, 0.15) is 10.4 Å². The van der Waals surface area contributed by atoms with Crippen molar-refractivity contribution in [3.63, 3.8) is 0 Å². The molecule has 0 aromatic carbocycles. The minimum absolute atomic E-state index is 0.528. The van der Waals surface area contributed by atoms with E-state index >= 15 is 0 Å². The largest absolute Gasteiger partial charge is 0.298 e. The number of rotatable bonds is 2. The lowest BCUT2D eigenvalue weighted by Crippen LogP contribution is -1.92. The third-order valence-corrected chi connectivity index (χ3v) is 2.53. The number of hydrogen-bond donors (Lipinski definition) is 0. The van der Waals surface area contributed by atoms with Crippen molar-refractivity contribution in [1.29, 1.82) is 0 Å². The first-order valence-corrected chi connectivity index (χ1v) is 5.09. The van der Waals surface area contributed by atoms with Gasteiger partial charge in [0.2, 0.25) is 0 Å². The summed E-state index contributed by atoms with van der Waals surface area (Å²) in [4.78, 5) is 14.8. The Kier molecular flexibility index (Phi) is 2.15. The number of hydrogen-bond acceptors (Lipinski definition) is 4. The summed E-state index contributed by atoms with van der Waals surface area (Å²) < 4.78 is 1.79. The zero-order valence-corrected chi connectivity index (χ0v) is 8.82. The Labute approximate surface area is 96.8 Å². The monoisotopic (exact) mass is 224 g/mol. The molecule has 3 aromatic heterocycles. The van der Waals surface area contributed by atoms with Crippen LogP contribution in [0.25, 0.3) is 17.0 Å². The van der Waals surface area contributed by atoms with E-state index in [0.717, 1.165) is 11.8 Å². The van der Waals surface area contributed by atoms with E-state index in [0.29, 0.717) is 17.0 Å². The predicted molar refractivity (Wildman–Crippen MR) is 61.6 cm³/mol. The minimum Gasteiger partial charge on any atom is -0.298 e. The van der Waals surface area contributed by atoms with E-state index in [9.17, 15) is 4.79 Å². The highest BCUT2D eigenvalue weighted by Gasteiger charge is 2.09. The third kappa shape index (κ3) is 1.48. The van der Waals surface area contributed by atoms with Crippen LogP contribution in [0.3, 0.4) is 0 Å². The number of fused-ring (bicyclic) bond motifs is 1. The van der Waals surface area contributed by atoms with Crippen LogP contribution in [0.4, 0.5) is 0 Å². The summed E-state index contributed by atoms with van der Waals surface area (Å²) in [7, 11) is 0. The molecule has 82 valence electrons. The summed E-state index contributed by atoms with van der Waals surface area (Å²) in [6.07, 6.45) is 6.00. The molecule has 0 bridgehead atoms. The molecule has 5 nitrogen and oxygen atoms in total. The first-order valence-electron chi connectivity index (χ1n) is 5.09. The highest BCUT2D eigenvalue weighted by Crippen LogP contribution is 2.18. The van der Waals surface area contributed by atoms with E-state index in [1.54, 1.807) is 28.9 Å². The van der Waals surface area contributed by atoms with Gasteiger partial charge in [0, 0.05) is 24.2 Å². The summed E-state index contributed by atoms with van der Waals surface area (Å²) in [6.45, 7) is 0. The fourth-order valence-corrected chi connectivity index (χ4v) is 1.73. The summed E-state index contributed by atoms with van der Waals surface area (Å²) in [5, 5.41) is 8.13. The molecule has 0 saturated carbocycles. The van der Waals surface area contributed by atoms with Gasteiger partial charge in [-0.2, -0.15) is 0 Å². The highest BCUT2D eigenvalue weighted by atomic mass is 16.1. The van der Waals surface area contributed by atoms with Gasteiger partial charge in [0.25, 0.3) is 0 Å². The van der Waals surface area contributed by atoms with Gasteiger partial charge < -0.3 is 0 Å². The lowest BCUT2D eigenvalue weighted by atomic mass is 10.2. The van der Waals surface area contributed by atoms with Crippen molar-refractivity contribution in [3.05, 3.63) is 48.4 Å². The Balaban J connectivity index is 2.30. The summed E-state index contributed by atoms with van der Waals surface area (Å²) in [5.74, 6) is 0.700. The molecule has 3 heterocycles. The molecule has 3 aromatic rings. The van der Waals surface area contributed by atoms with Crippen LogP contribution in [0, 0.1) is 0 Å². The third-order valence-electron chi connectivity index (χ3n) is 2.53. The van der Waals surface area contributed by atoms with Gasteiger partial charge in [-0.25, -0.2) is 0 Å². The number of carbonyl (C=O) groups excluding carboxylic acids is 1. The van der Waals surface area contributed by atoms with Crippen molar-refractivity contribution in [3.8, 4) is 11.4 Å². The van der Waals surface area contributed by atoms with Gasteiger partial charge in [0.05, 0.1) is 5.56 Å². The molecule has 0 saturated heterocycles. The summed E-state index contributed by atoms with van der Waals surface area (Å²) >= 11 is 0. The lowest BCUT2D eigenvalue weighted by Gasteiger charge is -1.99. The molecule has 0 aliphatic heterocycles. The second-order valence-electron chi connectivity index (χ2n) is 3.53. The van der Waals surface area contributed by atoms with E-state index < -0.39 is 0 Å². The number of carbonyl (C=O) groups is 1. The zero-order valence-electron chi connectivity index (χ0n) is 8.82. The standard InChI is InChI=1S/C12H8N4O/c17-8-10-2-1-7-16-11(14-15-12(10)16)9-3-5-13-6-4-9/h1-8H. The van der Waals surface area contributed by atoms with Crippen LogP contribution < -0.4 is 0 Å². The second-order valence-corrected chi connectivity index (χ2v) is 3.53. The quantitative estimate of drug-likeness (QED) is 0.620. The van der Waals surface area contributed by atoms with Crippen molar-refractivity contribution < 1.29 is 4.79 Å². The molecule has 0 N–H and O–H groups in total. The number of pyridine rings is 2. The molecule has 0 aliphatic carbocycles. The number of aromatic nitrogens is 4. The van der Waals surface area contributed by atoms with Crippen LogP contribution >= 0.6 is 0 Å².